The highest BCUT2D eigenvalue weighted by Gasteiger charge is 2.36. The van der Waals surface area contributed by atoms with Crippen molar-refractivity contribution < 1.29 is 14.3 Å². The lowest BCUT2D eigenvalue weighted by Gasteiger charge is -2.28. The number of hydrogen-bond donors (Lipinski definition) is 1. The molecule has 30 heavy (non-hydrogen) atoms. The molecule has 1 aliphatic heterocycles. The van der Waals surface area contributed by atoms with E-state index in [1.54, 1.807) is 29.2 Å². The number of rotatable bonds is 4. The Bertz CT molecular complexity index is 972. The number of benzene rings is 1. The Hall–Kier alpha value is -3.41. The first-order valence-corrected chi connectivity index (χ1v) is 9.88. The minimum absolute atomic E-state index is 0.0422. The molecular weight excluding hydrogens is 384 g/mol. The van der Waals surface area contributed by atoms with E-state index in [0.29, 0.717) is 24.3 Å². The van der Waals surface area contributed by atoms with Gasteiger partial charge < -0.3 is 15.0 Å². The van der Waals surface area contributed by atoms with Crippen LogP contribution in [0.4, 0.5) is 4.79 Å². The molecule has 158 valence electrons. The highest BCUT2D eigenvalue weighted by Crippen LogP contribution is 2.25. The molecule has 1 aromatic carbocycles. The molecule has 2 aromatic rings. The van der Waals surface area contributed by atoms with Crippen molar-refractivity contribution in [2.45, 2.75) is 45.8 Å². The molecule has 3 rings (SSSR count). The van der Waals surface area contributed by atoms with Crippen LogP contribution >= 0.6 is 0 Å². The van der Waals surface area contributed by atoms with E-state index in [4.69, 9.17) is 10.00 Å². The first kappa shape index (κ1) is 21.3. The number of ether oxygens (including phenoxy) is 1. The standard InChI is InChI=1S/C21H26N6O3/c1-14-16(8-9-26(14)20(29)30-21(2,3)4)12-23-19(28)18-24-13-27(25-18)17-7-5-6-15(10-17)11-22/h5-7,10,13-14,16H,8-9,12H2,1-4H3,(H,23,28)/t14-,16-/m1/s1. The zero-order chi connectivity index (χ0) is 21.9. The fraction of sp³-hybridized carbons (Fsp3) is 0.476. The molecule has 1 fully saturated rings. The topological polar surface area (TPSA) is 113 Å². The normalized spacial score (nSPS) is 18.7. The van der Waals surface area contributed by atoms with E-state index in [1.807, 2.05) is 27.7 Å². The van der Waals surface area contributed by atoms with Crippen molar-refractivity contribution >= 4 is 12.0 Å². The predicted molar refractivity (Wildman–Crippen MR) is 109 cm³/mol. The molecule has 1 saturated heterocycles. The van der Waals surface area contributed by atoms with Gasteiger partial charge >= 0.3 is 6.09 Å². The summed E-state index contributed by atoms with van der Waals surface area (Å²) in [4.78, 5) is 30.6. The van der Waals surface area contributed by atoms with Crippen molar-refractivity contribution in [1.29, 1.82) is 5.26 Å². The van der Waals surface area contributed by atoms with Crippen molar-refractivity contribution in [2.75, 3.05) is 13.1 Å². The van der Waals surface area contributed by atoms with Gasteiger partial charge in [0.2, 0.25) is 5.82 Å². The minimum atomic E-state index is -0.541. The molecule has 0 unspecified atom stereocenters. The van der Waals surface area contributed by atoms with Crippen LogP contribution in [0.1, 0.15) is 50.3 Å². The lowest BCUT2D eigenvalue weighted by Crippen LogP contribution is -2.42. The van der Waals surface area contributed by atoms with Crippen molar-refractivity contribution in [3.8, 4) is 11.8 Å². The number of hydrogen-bond acceptors (Lipinski definition) is 6. The summed E-state index contributed by atoms with van der Waals surface area (Å²) in [5.74, 6) is -0.212. The van der Waals surface area contributed by atoms with Gasteiger partial charge in [0, 0.05) is 19.1 Å². The van der Waals surface area contributed by atoms with E-state index in [1.165, 1.54) is 11.0 Å². The third-order valence-corrected chi connectivity index (χ3v) is 5.00. The van der Waals surface area contributed by atoms with Gasteiger partial charge in [0.25, 0.3) is 5.91 Å². The zero-order valence-electron chi connectivity index (χ0n) is 17.6. The van der Waals surface area contributed by atoms with Crippen LogP contribution in [0.3, 0.4) is 0 Å². The van der Waals surface area contributed by atoms with Gasteiger partial charge in [-0.15, -0.1) is 5.10 Å². The van der Waals surface area contributed by atoms with Crippen LogP contribution in [-0.2, 0) is 4.74 Å². The SMILES string of the molecule is C[C@@H]1[C@@H](CNC(=O)c2ncn(-c3cccc(C#N)c3)n2)CCN1C(=O)OC(C)(C)C. The van der Waals surface area contributed by atoms with Crippen LogP contribution in [0, 0.1) is 17.2 Å². The number of aromatic nitrogens is 3. The maximum absolute atomic E-state index is 12.5. The lowest BCUT2D eigenvalue weighted by atomic mass is 10.0. The maximum atomic E-state index is 12.5. The second kappa shape index (κ2) is 8.53. The van der Waals surface area contributed by atoms with Crippen LogP contribution in [0.25, 0.3) is 5.69 Å². The summed E-state index contributed by atoms with van der Waals surface area (Å²) < 4.78 is 6.91. The Balaban J connectivity index is 1.57. The third-order valence-electron chi connectivity index (χ3n) is 5.00. The number of nitriles is 1. The van der Waals surface area contributed by atoms with Crippen LogP contribution in [0.2, 0.25) is 0 Å². The molecule has 2 atom stereocenters. The predicted octanol–water partition coefficient (Wildman–Crippen LogP) is 2.51. The number of likely N-dealkylation sites (tertiary alicyclic amines) is 1. The summed E-state index contributed by atoms with van der Waals surface area (Å²) in [6.07, 6.45) is 1.89. The fourth-order valence-corrected chi connectivity index (χ4v) is 3.37. The Kier molecular flexibility index (Phi) is 6.06. The Morgan fingerprint density at radius 1 is 1.37 bits per heavy atom. The Labute approximate surface area is 175 Å². The van der Waals surface area contributed by atoms with Crippen LogP contribution < -0.4 is 5.32 Å². The molecule has 1 aliphatic rings. The van der Waals surface area contributed by atoms with Crippen LogP contribution in [-0.4, -0.2) is 56.4 Å². The molecule has 9 nitrogen and oxygen atoms in total. The molecule has 9 heteroatoms. The van der Waals surface area contributed by atoms with Gasteiger partial charge in [0.15, 0.2) is 0 Å². The summed E-state index contributed by atoms with van der Waals surface area (Å²) in [7, 11) is 0. The number of nitrogens with zero attached hydrogens (tertiary/aromatic N) is 5. The van der Waals surface area contributed by atoms with Crippen LogP contribution in [0.5, 0.6) is 0 Å². The van der Waals surface area contributed by atoms with E-state index >= 15 is 0 Å². The van der Waals surface area contributed by atoms with E-state index in [2.05, 4.69) is 21.5 Å². The average Bonchev–Trinajstić information content (AvgIpc) is 3.32. The van der Waals surface area contributed by atoms with Gasteiger partial charge in [0.1, 0.15) is 11.9 Å². The Morgan fingerprint density at radius 2 is 2.13 bits per heavy atom. The monoisotopic (exact) mass is 410 g/mol. The first-order valence-electron chi connectivity index (χ1n) is 9.88. The number of nitrogens with one attached hydrogen (secondary N) is 1. The van der Waals surface area contributed by atoms with Gasteiger partial charge in [-0.05, 0) is 58.2 Å². The molecule has 2 heterocycles. The van der Waals surface area contributed by atoms with Crippen molar-refractivity contribution in [2.24, 2.45) is 5.92 Å². The summed E-state index contributed by atoms with van der Waals surface area (Å²) in [5, 5.41) is 16.1. The summed E-state index contributed by atoms with van der Waals surface area (Å²) in [5.41, 5.74) is 0.608. The third kappa shape index (κ3) is 4.95. The minimum Gasteiger partial charge on any atom is -0.444 e. The van der Waals surface area contributed by atoms with Gasteiger partial charge in [-0.1, -0.05) is 6.07 Å². The van der Waals surface area contributed by atoms with E-state index < -0.39 is 5.60 Å². The van der Waals surface area contributed by atoms with E-state index in [0.717, 1.165) is 6.42 Å². The average molecular weight is 410 g/mol. The molecular formula is C21H26N6O3. The van der Waals surface area contributed by atoms with Crippen molar-refractivity contribution in [1.82, 2.24) is 25.0 Å². The molecule has 2 amide bonds. The fourth-order valence-electron chi connectivity index (χ4n) is 3.37. The number of carbonyl (C=O) groups is 2. The van der Waals surface area contributed by atoms with Gasteiger partial charge in [-0.25, -0.2) is 14.5 Å². The highest BCUT2D eigenvalue weighted by molar-refractivity contribution is 5.90. The maximum Gasteiger partial charge on any atom is 0.410 e. The summed E-state index contributed by atoms with van der Waals surface area (Å²) in [6.45, 7) is 8.49. The molecule has 0 bridgehead atoms. The largest absolute Gasteiger partial charge is 0.444 e. The van der Waals surface area contributed by atoms with Crippen molar-refractivity contribution in [3.05, 3.63) is 42.0 Å². The summed E-state index contributed by atoms with van der Waals surface area (Å²) >= 11 is 0. The molecule has 0 saturated carbocycles. The molecule has 1 aromatic heterocycles. The summed E-state index contributed by atoms with van der Waals surface area (Å²) in [6, 6.07) is 8.91. The molecule has 1 N–H and O–H groups in total. The van der Waals surface area contributed by atoms with E-state index in [-0.39, 0.29) is 29.8 Å². The van der Waals surface area contributed by atoms with Crippen LogP contribution in [0.15, 0.2) is 30.6 Å². The zero-order valence-corrected chi connectivity index (χ0v) is 17.6. The highest BCUT2D eigenvalue weighted by atomic mass is 16.6. The van der Waals surface area contributed by atoms with E-state index in [9.17, 15) is 9.59 Å². The van der Waals surface area contributed by atoms with Gasteiger partial charge in [-0.3, -0.25) is 4.79 Å². The quantitative estimate of drug-likeness (QED) is 0.829. The Morgan fingerprint density at radius 3 is 2.83 bits per heavy atom. The molecule has 0 radical (unpaired) electrons. The van der Waals surface area contributed by atoms with Gasteiger partial charge in [0.05, 0.1) is 17.3 Å². The smallest absolute Gasteiger partial charge is 0.410 e. The number of amides is 2. The van der Waals surface area contributed by atoms with Crippen molar-refractivity contribution in [3.63, 3.8) is 0 Å². The molecule has 0 spiro atoms. The van der Waals surface area contributed by atoms with Gasteiger partial charge in [-0.2, -0.15) is 5.26 Å². The second-order valence-electron chi connectivity index (χ2n) is 8.35. The second-order valence-corrected chi connectivity index (χ2v) is 8.35. The molecule has 0 aliphatic carbocycles. The lowest BCUT2D eigenvalue weighted by molar-refractivity contribution is 0.0223. The first-order chi connectivity index (χ1) is 14.2. The number of carbonyl (C=O) groups excluding carboxylic acids is 2.